The van der Waals surface area contributed by atoms with Crippen molar-refractivity contribution in [2.75, 3.05) is 7.11 Å². The van der Waals surface area contributed by atoms with Gasteiger partial charge in [0.05, 0.1) is 17.7 Å². The molecule has 2 atom stereocenters. The quantitative estimate of drug-likeness (QED) is 0.882. The molecular formula is C16H14BrFO3. The van der Waals surface area contributed by atoms with E-state index in [1.54, 1.807) is 37.4 Å². The van der Waals surface area contributed by atoms with Gasteiger partial charge in [-0.25, -0.2) is 4.39 Å². The molecule has 0 fully saturated rings. The van der Waals surface area contributed by atoms with Gasteiger partial charge in [0.25, 0.3) is 0 Å². The average molecular weight is 353 g/mol. The van der Waals surface area contributed by atoms with E-state index < -0.39 is 6.10 Å². The lowest BCUT2D eigenvalue weighted by Gasteiger charge is -2.30. The molecule has 1 heterocycles. The van der Waals surface area contributed by atoms with Gasteiger partial charge in [-0.2, -0.15) is 0 Å². The summed E-state index contributed by atoms with van der Waals surface area (Å²) in [5, 5.41) is 10.3. The topological polar surface area (TPSA) is 38.7 Å². The molecule has 21 heavy (non-hydrogen) atoms. The predicted octanol–water partition coefficient (Wildman–Crippen LogP) is 4.15. The van der Waals surface area contributed by atoms with Gasteiger partial charge in [-0.1, -0.05) is 6.07 Å². The number of halogens is 2. The second kappa shape index (κ2) is 5.66. The first-order valence-corrected chi connectivity index (χ1v) is 7.35. The highest BCUT2D eigenvalue weighted by atomic mass is 79.9. The fourth-order valence-electron chi connectivity index (χ4n) is 2.47. The molecule has 1 aliphatic heterocycles. The Bertz CT molecular complexity index is 675. The number of hydrogen-bond donors (Lipinski definition) is 1. The number of aliphatic hydroxyl groups excluding tert-OH is 1. The maximum atomic E-state index is 13.3. The maximum Gasteiger partial charge on any atom is 0.137 e. The second-order valence-electron chi connectivity index (χ2n) is 4.94. The van der Waals surface area contributed by atoms with Crippen LogP contribution in [0.1, 0.15) is 29.8 Å². The summed E-state index contributed by atoms with van der Waals surface area (Å²) in [7, 11) is 1.58. The highest BCUT2D eigenvalue weighted by Crippen LogP contribution is 2.42. The maximum absolute atomic E-state index is 13.3. The summed E-state index contributed by atoms with van der Waals surface area (Å²) < 4.78 is 24.8. The van der Waals surface area contributed by atoms with Crippen LogP contribution in [0.15, 0.2) is 40.9 Å². The molecule has 0 saturated carbocycles. The van der Waals surface area contributed by atoms with Gasteiger partial charge in [0.1, 0.15) is 23.4 Å². The van der Waals surface area contributed by atoms with Crippen LogP contribution in [0.2, 0.25) is 0 Å². The van der Waals surface area contributed by atoms with E-state index in [0.29, 0.717) is 28.0 Å². The zero-order chi connectivity index (χ0) is 15.0. The van der Waals surface area contributed by atoms with Crippen molar-refractivity contribution in [3.05, 3.63) is 57.8 Å². The molecule has 0 amide bonds. The SMILES string of the molecule is COc1ccc2c(c1)[C@@H](O)CC(c1ccc(F)c(Br)c1)O2. The van der Waals surface area contributed by atoms with E-state index in [1.807, 2.05) is 0 Å². The Labute approximate surface area is 130 Å². The fourth-order valence-corrected chi connectivity index (χ4v) is 2.87. The first kappa shape index (κ1) is 14.4. The molecule has 110 valence electrons. The van der Waals surface area contributed by atoms with Crippen LogP contribution in [0.5, 0.6) is 11.5 Å². The van der Waals surface area contributed by atoms with Crippen molar-refractivity contribution in [1.29, 1.82) is 0 Å². The van der Waals surface area contributed by atoms with Crippen LogP contribution in [0.25, 0.3) is 0 Å². The van der Waals surface area contributed by atoms with E-state index in [0.717, 1.165) is 5.56 Å². The number of benzene rings is 2. The molecule has 0 bridgehead atoms. The van der Waals surface area contributed by atoms with Gasteiger partial charge >= 0.3 is 0 Å². The van der Waals surface area contributed by atoms with E-state index >= 15 is 0 Å². The lowest BCUT2D eigenvalue weighted by molar-refractivity contribution is 0.0654. The van der Waals surface area contributed by atoms with Crippen LogP contribution in [-0.2, 0) is 0 Å². The van der Waals surface area contributed by atoms with Gasteiger partial charge in [-0.15, -0.1) is 0 Å². The second-order valence-corrected chi connectivity index (χ2v) is 5.79. The van der Waals surface area contributed by atoms with E-state index in [2.05, 4.69) is 15.9 Å². The minimum absolute atomic E-state index is 0.308. The molecule has 1 N–H and O–H groups in total. The molecule has 2 aromatic rings. The molecule has 3 nitrogen and oxygen atoms in total. The Morgan fingerprint density at radius 2 is 2.10 bits per heavy atom. The average Bonchev–Trinajstić information content (AvgIpc) is 2.49. The molecular weight excluding hydrogens is 339 g/mol. The third kappa shape index (κ3) is 2.76. The smallest absolute Gasteiger partial charge is 0.137 e. The van der Waals surface area contributed by atoms with Crippen molar-refractivity contribution in [2.45, 2.75) is 18.6 Å². The Hall–Kier alpha value is -1.59. The zero-order valence-electron chi connectivity index (χ0n) is 11.3. The van der Waals surface area contributed by atoms with Crippen molar-refractivity contribution < 1.29 is 19.0 Å². The molecule has 0 aromatic heterocycles. The van der Waals surface area contributed by atoms with E-state index in [4.69, 9.17) is 9.47 Å². The molecule has 1 aliphatic rings. The van der Waals surface area contributed by atoms with Crippen molar-refractivity contribution in [1.82, 2.24) is 0 Å². The molecule has 2 aromatic carbocycles. The summed E-state index contributed by atoms with van der Waals surface area (Å²) in [4.78, 5) is 0. The van der Waals surface area contributed by atoms with Crippen LogP contribution >= 0.6 is 15.9 Å². The minimum atomic E-state index is -0.641. The monoisotopic (exact) mass is 352 g/mol. The summed E-state index contributed by atoms with van der Waals surface area (Å²) in [6, 6.07) is 10.1. The summed E-state index contributed by atoms with van der Waals surface area (Å²) in [6.07, 6.45) is -0.534. The van der Waals surface area contributed by atoms with Crippen LogP contribution in [0.3, 0.4) is 0 Å². The summed E-state index contributed by atoms with van der Waals surface area (Å²) in [5.74, 6) is 0.986. The van der Waals surface area contributed by atoms with Gasteiger partial charge in [-0.05, 0) is 51.8 Å². The molecule has 0 aliphatic carbocycles. The minimum Gasteiger partial charge on any atom is -0.497 e. The number of methoxy groups -OCH3 is 1. The van der Waals surface area contributed by atoms with Gasteiger partial charge in [0, 0.05) is 12.0 Å². The Balaban J connectivity index is 1.92. The predicted molar refractivity (Wildman–Crippen MR) is 80.0 cm³/mol. The first-order chi connectivity index (χ1) is 10.1. The van der Waals surface area contributed by atoms with Crippen LogP contribution in [0, 0.1) is 5.82 Å². The van der Waals surface area contributed by atoms with E-state index in [-0.39, 0.29) is 11.9 Å². The summed E-state index contributed by atoms with van der Waals surface area (Å²) in [6.45, 7) is 0. The number of hydrogen-bond acceptors (Lipinski definition) is 3. The fraction of sp³-hybridized carbons (Fsp3) is 0.250. The van der Waals surface area contributed by atoms with E-state index in [1.165, 1.54) is 6.07 Å². The Morgan fingerprint density at radius 3 is 2.81 bits per heavy atom. The number of aliphatic hydroxyl groups is 1. The van der Waals surface area contributed by atoms with Gasteiger partial charge in [0.15, 0.2) is 0 Å². The highest BCUT2D eigenvalue weighted by molar-refractivity contribution is 9.10. The van der Waals surface area contributed by atoms with Crippen molar-refractivity contribution in [2.24, 2.45) is 0 Å². The number of ether oxygens (including phenoxy) is 2. The van der Waals surface area contributed by atoms with Crippen LogP contribution in [0.4, 0.5) is 4.39 Å². The Kier molecular flexibility index (Phi) is 3.87. The van der Waals surface area contributed by atoms with Crippen LogP contribution in [-0.4, -0.2) is 12.2 Å². The molecule has 5 heteroatoms. The zero-order valence-corrected chi connectivity index (χ0v) is 12.9. The normalized spacial score (nSPS) is 20.6. The van der Waals surface area contributed by atoms with Gasteiger partial charge < -0.3 is 14.6 Å². The third-order valence-electron chi connectivity index (χ3n) is 3.60. The number of fused-ring (bicyclic) bond motifs is 1. The first-order valence-electron chi connectivity index (χ1n) is 6.56. The lowest BCUT2D eigenvalue weighted by atomic mass is 9.95. The number of rotatable bonds is 2. The van der Waals surface area contributed by atoms with Gasteiger partial charge in [-0.3, -0.25) is 0 Å². The van der Waals surface area contributed by atoms with E-state index in [9.17, 15) is 9.50 Å². The summed E-state index contributed by atoms with van der Waals surface area (Å²) in [5.41, 5.74) is 1.54. The van der Waals surface area contributed by atoms with Gasteiger partial charge in [0.2, 0.25) is 0 Å². The lowest BCUT2D eigenvalue weighted by Crippen LogP contribution is -2.19. The third-order valence-corrected chi connectivity index (χ3v) is 4.21. The Morgan fingerprint density at radius 1 is 1.29 bits per heavy atom. The molecule has 0 radical (unpaired) electrons. The molecule has 3 rings (SSSR count). The highest BCUT2D eigenvalue weighted by Gasteiger charge is 2.28. The largest absolute Gasteiger partial charge is 0.497 e. The van der Waals surface area contributed by atoms with Crippen molar-refractivity contribution >= 4 is 15.9 Å². The van der Waals surface area contributed by atoms with Crippen molar-refractivity contribution in [3.8, 4) is 11.5 Å². The summed E-state index contributed by atoms with van der Waals surface area (Å²) >= 11 is 3.17. The van der Waals surface area contributed by atoms with Crippen molar-refractivity contribution in [3.63, 3.8) is 0 Å². The molecule has 0 saturated heterocycles. The molecule has 0 spiro atoms. The van der Waals surface area contributed by atoms with Crippen LogP contribution < -0.4 is 9.47 Å². The standard InChI is InChI=1S/C16H14BrFO3/c1-20-10-3-5-15-11(7-10)14(19)8-16(21-15)9-2-4-13(18)12(17)6-9/h2-7,14,16,19H,8H2,1H3/t14-,16?/m0/s1. The molecule has 1 unspecified atom stereocenters.